The summed E-state index contributed by atoms with van der Waals surface area (Å²) in [6.45, 7) is 4.02. The van der Waals surface area contributed by atoms with Gasteiger partial charge in [-0.15, -0.1) is 0 Å². The Hall–Kier alpha value is -3.58. The maximum absolute atomic E-state index is 14.6. The highest BCUT2D eigenvalue weighted by Crippen LogP contribution is 2.48. The van der Waals surface area contributed by atoms with Gasteiger partial charge in [-0.3, -0.25) is 4.98 Å². The molecule has 0 aliphatic rings. The fraction of sp³-hybridized carbons (Fsp3) is 0.214. The van der Waals surface area contributed by atoms with E-state index >= 15 is 0 Å². The molecule has 2 heterocycles. The van der Waals surface area contributed by atoms with Gasteiger partial charge in [-0.25, -0.2) is 9.37 Å². The van der Waals surface area contributed by atoms with Crippen LogP contribution in [0.2, 0.25) is 0 Å². The number of pyridine rings is 2. The lowest BCUT2D eigenvalue weighted by Crippen LogP contribution is -2.15. The molecular weight excluding hydrogens is 461 g/mol. The zero-order chi connectivity index (χ0) is 24.9. The summed E-state index contributed by atoms with van der Waals surface area (Å²) in [7, 11) is 1.70. The Labute approximate surface area is 209 Å². The van der Waals surface area contributed by atoms with Crippen LogP contribution in [0.1, 0.15) is 31.2 Å². The standard InChI is InChI=1S/C28H28FN3O2S/c1-4-5-11-23-25(32(3)24-12-7-6-10-22(24)29)26(33)27(28(34)31-23)35-20-15-13-19(14-16-20)21-9-8-17-30-18(21)2/h6-10,12-17H,4-5,11H2,1-3H3,(H2,31,33,34). The van der Waals surface area contributed by atoms with Gasteiger partial charge in [-0.2, -0.15) is 0 Å². The molecule has 0 fully saturated rings. The molecule has 0 bridgehead atoms. The van der Waals surface area contributed by atoms with Crippen LogP contribution in [0, 0.1) is 12.7 Å². The van der Waals surface area contributed by atoms with Crippen molar-refractivity contribution >= 4 is 23.1 Å². The summed E-state index contributed by atoms with van der Waals surface area (Å²) < 4.78 is 14.6. The van der Waals surface area contributed by atoms with E-state index in [1.165, 1.54) is 17.8 Å². The van der Waals surface area contributed by atoms with Crippen LogP contribution in [0.4, 0.5) is 15.8 Å². The Bertz CT molecular complexity index is 1330. The Morgan fingerprint density at radius 1 is 1.00 bits per heavy atom. The summed E-state index contributed by atoms with van der Waals surface area (Å²) in [4.78, 5) is 11.4. The first-order chi connectivity index (χ1) is 16.9. The molecule has 4 rings (SSSR count). The molecule has 2 aromatic carbocycles. The van der Waals surface area contributed by atoms with Gasteiger partial charge in [-0.1, -0.05) is 55.4 Å². The minimum atomic E-state index is -0.403. The van der Waals surface area contributed by atoms with Crippen LogP contribution in [0.3, 0.4) is 0 Å². The van der Waals surface area contributed by atoms with Gasteiger partial charge >= 0.3 is 0 Å². The maximum atomic E-state index is 14.6. The van der Waals surface area contributed by atoms with Gasteiger partial charge < -0.3 is 15.1 Å². The SMILES string of the molecule is CCCCc1nc(O)c(Sc2ccc(-c3cccnc3C)cc2)c(O)c1N(C)c1ccccc1F. The number of aromatic hydroxyl groups is 2. The second kappa shape index (κ2) is 10.8. The lowest BCUT2D eigenvalue weighted by molar-refractivity contribution is 0.410. The molecular formula is C28H28FN3O2S. The molecule has 0 saturated heterocycles. The predicted octanol–water partition coefficient (Wildman–Crippen LogP) is 7.26. The Kier molecular flexibility index (Phi) is 7.56. The first-order valence-corrected chi connectivity index (χ1v) is 12.3. The molecule has 0 spiro atoms. The third-order valence-electron chi connectivity index (χ3n) is 5.87. The van der Waals surface area contributed by atoms with Gasteiger partial charge in [0.2, 0.25) is 5.88 Å². The van der Waals surface area contributed by atoms with E-state index in [2.05, 4.69) is 16.9 Å². The molecule has 4 aromatic rings. The first-order valence-electron chi connectivity index (χ1n) is 11.5. The molecule has 7 heteroatoms. The van der Waals surface area contributed by atoms with Crippen LogP contribution < -0.4 is 4.90 Å². The Balaban J connectivity index is 1.72. The molecule has 180 valence electrons. The van der Waals surface area contributed by atoms with E-state index in [1.54, 1.807) is 36.3 Å². The Morgan fingerprint density at radius 2 is 1.74 bits per heavy atom. The number of rotatable bonds is 8. The quantitative estimate of drug-likeness (QED) is 0.271. The summed E-state index contributed by atoms with van der Waals surface area (Å²) in [6.07, 6.45) is 4.06. The lowest BCUT2D eigenvalue weighted by Gasteiger charge is -2.25. The summed E-state index contributed by atoms with van der Waals surface area (Å²) in [5, 5.41) is 22.0. The normalized spacial score (nSPS) is 11.0. The molecule has 0 atom stereocenters. The van der Waals surface area contributed by atoms with E-state index in [0.29, 0.717) is 23.5 Å². The number of anilines is 2. The van der Waals surface area contributed by atoms with Crippen molar-refractivity contribution in [2.75, 3.05) is 11.9 Å². The lowest BCUT2D eigenvalue weighted by atomic mass is 10.1. The van der Waals surface area contributed by atoms with Crippen LogP contribution in [0.15, 0.2) is 76.7 Å². The number of para-hydroxylation sites is 1. The number of aromatic nitrogens is 2. The zero-order valence-corrected chi connectivity index (χ0v) is 20.8. The van der Waals surface area contributed by atoms with E-state index in [1.807, 2.05) is 43.3 Å². The molecule has 35 heavy (non-hydrogen) atoms. The average Bonchev–Trinajstić information content (AvgIpc) is 2.86. The third kappa shape index (κ3) is 5.25. The second-order valence-electron chi connectivity index (χ2n) is 8.29. The number of unbranched alkanes of at least 4 members (excludes halogenated alkanes) is 1. The van der Waals surface area contributed by atoms with Gasteiger partial charge in [0.15, 0.2) is 5.75 Å². The van der Waals surface area contributed by atoms with Gasteiger partial charge in [0.1, 0.15) is 16.4 Å². The molecule has 0 aliphatic carbocycles. The number of aryl methyl sites for hydroxylation is 2. The van der Waals surface area contributed by atoms with Crippen LogP contribution in [0.5, 0.6) is 11.6 Å². The summed E-state index contributed by atoms with van der Waals surface area (Å²) in [6, 6.07) is 18.1. The number of halogens is 1. The van der Waals surface area contributed by atoms with Crippen molar-refractivity contribution < 1.29 is 14.6 Å². The van der Waals surface area contributed by atoms with Crippen LogP contribution in [-0.2, 0) is 6.42 Å². The molecule has 0 amide bonds. The third-order valence-corrected chi connectivity index (χ3v) is 6.95. The number of hydrogen-bond donors (Lipinski definition) is 2. The van der Waals surface area contributed by atoms with E-state index in [4.69, 9.17) is 0 Å². The smallest absolute Gasteiger partial charge is 0.229 e. The van der Waals surface area contributed by atoms with Crippen molar-refractivity contribution in [3.8, 4) is 22.8 Å². The number of nitrogens with zero attached hydrogens (tertiary/aromatic N) is 3. The van der Waals surface area contributed by atoms with Gasteiger partial charge in [0, 0.05) is 29.4 Å². The zero-order valence-electron chi connectivity index (χ0n) is 20.0. The van der Waals surface area contributed by atoms with Crippen molar-refractivity contribution in [3.63, 3.8) is 0 Å². The highest BCUT2D eigenvalue weighted by Gasteiger charge is 2.24. The van der Waals surface area contributed by atoms with Crippen LogP contribution >= 0.6 is 11.8 Å². The monoisotopic (exact) mass is 489 g/mol. The molecule has 0 saturated carbocycles. The van der Waals surface area contributed by atoms with Crippen molar-refractivity contribution in [3.05, 3.63) is 84.1 Å². The molecule has 0 aliphatic heterocycles. The molecule has 0 radical (unpaired) electrons. The second-order valence-corrected chi connectivity index (χ2v) is 9.37. The molecule has 2 aromatic heterocycles. The van der Waals surface area contributed by atoms with Gasteiger partial charge in [0.05, 0.1) is 11.4 Å². The number of hydrogen-bond acceptors (Lipinski definition) is 6. The molecule has 5 nitrogen and oxygen atoms in total. The van der Waals surface area contributed by atoms with Crippen molar-refractivity contribution in [1.82, 2.24) is 9.97 Å². The topological polar surface area (TPSA) is 69.5 Å². The first kappa shape index (κ1) is 24.5. The fourth-order valence-corrected chi connectivity index (χ4v) is 4.84. The van der Waals surface area contributed by atoms with Crippen LogP contribution in [-0.4, -0.2) is 27.2 Å². The highest BCUT2D eigenvalue weighted by atomic mass is 32.2. The van der Waals surface area contributed by atoms with Crippen LogP contribution in [0.25, 0.3) is 11.1 Å². The highest BCUT2D eigenvalue weighted by molar-refractivity contribution is 7.99. The van der Waals surface area contributed by atoms with Gasteiger partial charge in [-0.05, 0) is 55.7 Å². The minimum absolute atomic E-state index is 0.119. The predicted molar refractivity (Wildman–Crippen MR) is 139 cm³/mol. The Morgan fingerprint density at radius 3 is 2.43 bits per heavy atom. The summed E-state index contributed by atoms with van der Waals surface area (Å²) in [5.74, 6) is -0.762. The van der Waals surface area contributed by atoms with Crippen molar-refractivity contribution in [2.45, 2.75) is 42.9 Å². The van der Waals surface area contributed by atoms with E-state index < -0.39 is 5.82 Å². The molecule has 0 unspecified atom stereocenters. The van der Waals surface area contributed by atoms with Crippen molar-refractivity contribution in [1.29, 1.82) is 0 Å². The summed E-state index contributed by atoms with van der Waals surface area (Å²) >= 11 is 1.21. The van der Waals surface area contributed by atoms with E-state index in [-0.39, 0.29) is 16.5 Å². The largest absolute Gasteiger partial charge is 0.504 e. The molecule has 2 N–H and O–H groups in total. The number of benzene rings is 2. The van der Waals surface area contributed by atoms with Gasteiger partial charge in [0.25, 0.3) is 0 Å². The minimum Gasteiger partial charge on any atom is -0.504 e. The average molecular weight is 490 g/mol. The summed E-state index contributed by atoms with van der Waals surface area (Å²) in [5.41, 5.74) is 4.26. The van der Waals surface area contributed by atoms with Crippen molar-refractivity contribution in [2.24, 2.45) is 0 Å². The van der Waals surface area contributed by atoms with E-state index in [9.17, 15) is 14.6 Å². The van der Waals surface area contributed by atoms with E-state index in [0.717, 1.165) is 34.6 Å². The maximum Gasteiger partial charge on any atom is 0.229 e. The fourth-order valence-electron chi connectivity index (χ4n) is 4.00.